The molecule has 0 aliphatic rings. The lowest BCUT2D eigenvalue weighted by molar-refractivity contribution is 0.105. The van der Waals surface area contributed by atoms with Gasteiger partial charge < -0.3 is 5.21 Å². The average molecular weight is 228 g/mol. The van der Waals surface area contributed by atoms with Crippen LogP contribution in [-0.4, -0.2) is 31.7 Å². The van der Waals surface area contributed by atoms with Crippen LogP contribution in [0.25, 0.3) is 0 Å². The molecule has 0 aliphatic carbocycles. The average Bonchev–Trinajstić information content (AvgIpc) is 2.42. The number of aromatic nitrogens is 3. The summed E-state index contributed by atoms with van der Waals surface area (Å²) in [6.07, 6.45) is 5.70. The maximum absolute atomic E-state index is 12.0. The van der Waals surface area contributed by atoms with Crippen LogP contribution in [0.2, 0.25) is 0 Å². The van der Waals surface area contributed by atoms with Crippen molar-refractivity contribution in [2.45, 2.75) is 0 Å². The summed E-state index contributed by atoms with van der Waals surface area (Å²) in [5.41, 5.74) is 0.202. The minimum absolute atomic E-state index is 0.184. The molecule has 2 aromatic rings. The number of carbonyl (C=O) groups is 1. The van der Waals surface area contributed by atoms with Gasteiger partial charge in [-0.1, -0.05) is 11.2 Å². The first-order chi connectivity index (χ1) is 8.33. The number of oxime groups is 1. The molecule has 0 saturated carbocycles. The number of Topliss-reactive ketones (excluding diaryl/α,β-unsaturated/α-hetero) is 1. The molecule has 0 amide bonds. The van der Waals surface area contributed by atoms with Crippen LogP contribution in [0.4, 0.5) is 0 Å². The fraction of sp³-hybridized carbons (Fsp3) is 0. The number of nitrogens with zero attached hydrogens (tertiary/aromatic N) is 4. The summed E-state index contributed by atoms with van der Waals surface area (Å²) in [4.78, 5) is 23.5. The van der Waals surface area contributed by atoms with Crippen molar-refractivity contribution in [2.75, 3.05) is 0 Å². The Morgan fingerprint density at radius 2 is 1.94 bits per heavy atom. The summed E-state index contributed by atoms with van der Waals surface area (Å²) in [5.74, 6) is -0.506. The lowest BCUT2D eigenvalue weighted by atomic mass is 10.1. The van der Waals surface area contributed by atoms with Crippen LogP contribution in [0.15, 0.2) is 48.1 Å². The molecule has 6 nitrogen and oxygen atoms in total. The van der Waals surface area contributed by atoms with Crippen LogP contribution in [0, 0.1) is 0 Å². The second-order valence-electron chi connectivity index (χ2n) is 3.08. The van der Waals surface area contributed by atoms with E-state index >= 15 is 0 Å². The first-order valence-corrected chi connectivity index (χ1v) is 4.77. The van der Waals surface area contributed by atoms with E-state index in [1.165, 1.54) is 30.9 Å². The zero-order chi connectivity index (χ0) is 12.1. The van der Waals surface area contributed by atoms with Crippen molar-refractivity contribution in [3.8, 4) is 0 Å². The number of ketones is 1. The van der Waals surface area contributed by atoms with Gasteiger partial charge in [-0.05, 0) is 12.1 Å². The van der Waals surface area contributed by atoms with Crippen LogP contribution < -0.4 is 0 Å². The summed E-state index contributed by atoms with van der Waals surface area (Å²) in [7, 11) is 0. The van der Waals surface area contributed by atoms with Gasteiger partial charge in [0.2, 0.25) is 5.78 Å². The Morgan fingerprint density at radius 1 is 1.12 bits per heavy atom. The maximum Gasteiger partial charge on any atom is 0.235 e. The van der Waals surface area contributed by atoms with Gasteiger partial charge in [0, 0.05) is 18.6 Å². The van der Waals surface area contributed by atoms with Crippen molar-refractivity contribution < 1.29 is 10.0 Å². The first kappa shape index (κ1) is 10.9. The second kappa shape index (κ2) is 4.93. The van der Waals surface area contributed by atoms with Crippen LogP contribution in [0.5, 0.6) is 0 Å². The molecule has 0 radical (unpaired) electrons. The molecular formula is C11H8N4O2. The van der Waals surface area contributed by atoms with Gasteiger partial charge in [0.1, 0.15) is 11.4 Å². The molecule has 0 aromatic carbocycles. The molecule has 0 saturated heterocycles. The number of carbonyl (C=O) groups excluding carboxylic acids is 1. The Balaban J connectivity index is 2.37. The molecule has 6 heteroatoms. The Bertz CT molecular complexity index is 540. The molecule has 0 atom stereocenters. The Labute approximate surface area is 96.7 Å². The molecule has 2 heterocycles. The van der Waals surface area contributed by atoms with Gasteiger partial charge in [-0.2, -0.15) is 0 Å². The Hall–Kier alpha value is -2.63. The third kappa shape index (κ3) is 2.31. The lowest BCUT2D eigenvalue weighted by Crippen LogP contribution is -2.18. The number of hydrogen-bond donors (Lipinski definition) is 1. The fourth-order valence-electron chi connectivity index (χ4n) is 1.25. The number of pyridine rings is 1. The van der Waals surface area contributed by atoms with Crippen molar-refractivity contribution in [3.05, 3.63) is 54.4 Å². The standard InChI is InChI=1S/C11H8N4O2/c16-11(8-3-1-2-4-13-8)10(15-17)9-7-12-5-6-14-9/h1-7,17H/b15-10+. The van der Waals surface area contributed by atoms with E-state index in [1.807, 2.05) is 0 Å². The third-order valence-electron chi connectivity index (χ3n) is 2.02. The van der Waals surface area contributed by atoms with Crippen molar-refractivity contribution in [3.63, 3.8) is 0 Å². The predicted molar refractivity (Wildman–Crippen MR) is 58.9 cm³/mol. The third-order valence-corrected chi connectivity index (χ3v) is 2.02. The molecule has 0 aliphatic heterocycles. The molecule has 84 valence electrons. The van der Waals surface area contributed by atoms with Gasteiger partial charge in [0.15, 0.2) is 5.71 Å². The summed E-state index contributed by atoms with van der Waals surface area (Å²) in [6.45, 7) is 0. The van der Waals surface area contributed by atoms with Crippen molar-refractivity contribution in [1.29, 1.82) is 0 Å². The van der Waals surface area contributed by atoms with Crippen molar-refractivity contribution in [1.82, 2.24) is 15.0 Å². The van der Waals surface area contributed by atoms with Gasteiger partial charge in [0.05, 0.1) is 6.20 Å². The maximum atomic E-state index is 12.0. The van der Waals surface area contributed by atoms with E-state index in [0.717, 1.165) is 0 Å². The normalized spacial score (nSPS) is 11.2. The zero-order valence-electron chi connectivity index (χ0n) is 8.69. The molecule has 0 fully saturated rings. The quantitative estimate of drug-likeness (QED) is 0.365. The van der Waals surface area contributed by atoms with E-state index in [9.17, 15) is 4.79 Å². The van der Waals surface area contributed by atoms with Gasteiger partial charge >= 0.3 is 0 Å². The SMILES string of the molecule is O=C(/C(=N/O)c1cnccn1)c1ccccn1. The van der Waals surface area contributed by atoms with E-state index in [-0.39, 0.29) is 17.1 Å². The Morgan fingerprint density at radius 3 is 2.53 bits per heavy atom. The van der Waals surface area contributed by atoms with Crippen LogP contribution in [-0.2, 0) is 0 Å². The number of rotatable bonds is 3. The van der Waals surface area contributed by atoms with Crippen molar-refractivity contribution in [2.24, 2.45) is 5.16 Å². The van der Waals surface area contributed by atoms with Crippen LogP contribution in [0.1, 0.15) is 16.2 Å². The molecule has 0 unspecified atom stereocenters. The summed E-state index contributed by atoms with van der Waals surface area (Å²) in [5, 5.41) is 11.8. The molecule has 17 heavy (non-hydrogen) atoms. The van der Waals surface area contributed by atoms with Crippen LogP contribution in [0.3, 0.4) is 0 Å². The highest BCUT2D eigenvalue weighted by Crippen LogP contribution is 2.03. The monoisotopic (exact) mass is 228 g/mol. The summed E-state index contributed by atoms with van der Waals surface area (Å²) >= 11 is 0. The largest absolute Gasteiger partial charge is 0.410 e. The first-order valence-electron chi connectivity index (χ1n) is 4.77. The zero-order valence-corrected chi connectivity index (χ0v) is 8.69. The van der Waals surface area contributed by atoms with E-state index in [4.69, 9.17) is 5.21 Å². The highest BCUT2D eigenvalue weighted by atomic mass is 16.4. The van der Waals surface area contributed by atoms with Gasteiger partial charge in [-0.25, -0.2) is 0 Å². The molecule has 0 bridgehead atoms. The highest BCUT2D eigenvalue weighted by molar-refractivity contribution is 6.50. The fourth-order valence-corrected chi connectivity index (χ4v) is 1.25. The predicted octanol–water partition coefficient (Wildman–Crippen LogP) is 0.933. The highest BCUT2D eigenvalue weighted by Gasteiger charge is 2.19. The molecule has 1 N–H and O–H groups in total. The Kier molecular flexibility index (Phi) is 3.15. The van der Waals surface area contributed by atoms with Crippen LogP contribution >= 0.6 is 0 Å². The minimum atomic E-state index is -0.506. The van der Waals surface area contributed by atoms with Gasteiger partial charge in [-0.3, -0.25) is 19.7 Å². The van der Waals surface area contributed by atoms with E-state index in [0.29, 0.717) is 0 Å². The van der Waals surface area contributed by atoms with E-state index < -0.39 is 5.78 Å². The topological polar surface area (TPSA) is 88.3 Å². The number of hydrogen-bond acceptors (Lipinski definition) is 6. The smallest absolute Gasteiger partial charge is 0.235 e. The van der Waals surface area contributed by atoms with Gasteiger partial charge in [-0.15, -0.1) is 0 Å². The summed E-state index contributed by atoms with van der Waals surface area (Å²) < 4.78 is 0. The molecule has 0 spiro atoms. The lowest BCUT2D eigenvalue weighted by Gasteiger charge is -2.01. The van der Waals surface area contributed by atoms with Gasteiger partial charge in [0.25, 0.3) is 0 Å². The molecular weight excluding hydrogens is 220 g/mol. The summed E-state index contributed by atoms with van der Waals surface area (Å²) in [6, 6.07) is 4.89. The van der Waals surface area contributed by atoms with E-state index in [1.54, 1.807) is 12.1 Å². The molecule has 2 aromatic heterocycles. The minimum Gasteiger partial charge on any atom is -0.410 e. The second-order valence-corrected chi connectivity index (χ2v) is 3.08. The molecule has 2 rings (SSSR count). The van der Waals surface area contributed by atoms with E-state index in [2.05, 4.69) is 20.1 Å². The van der Waals surface area contributed by atoms with Crippen molar-refractivity contribution >= 4 is 11.5 Å².